The molecule has 5 rings (SSSR count). The monoisotopic (exact) mass is 566 g/mol. The Bertz CT molecular complexity index is 1540. The molecule has 2 aromatic carbocycles. The Hall–Kier alpha value is -3.47. The first-order chi connectivity index (χ1) is 19.6. The molecule has 1 aliphatic heterocycles. The van der Waals surface area contributed by atoms with Crippen LogP contribution in [0.2, 0.25) is 0 Å². The molecule has 0 aliphatic carbocycles. The largest absolute Gasteiger partial charge is 0.416 e. The standard InChI is InChI=1S/C31H37F3N6O/c1-19(36)4-2-5-20-14-22(16-24(15-20)31(32,33)34)28-17-23-18-40(30(41)39-29(23)38-28)26-10-8-21(9-11-26)27-7-3-6-25(37-27)12-13-35/h8-11,14-19,25,27,37H,2-7,12-13,35-36H2,1H3,(H,38,39,41)/t19-,25-,27-/m0/s1. The highest BCUT2D eigenvalue weighted by atomic mass is 19.4. The van der Waals surface area contributed by atoms with E-state index in [9.17, 15) is 18.0 Å². The van der Waals surface area contributed by atoms with E-state index in [1.807, 2.05) is 31.2 Å². The minimum atomic E-state index is -4.48. The van der Waals surface area contributed by atoms with Crippen LogP contribution in [0.3, 0.4) is 0 Å². The van der Waals surface area contributed by atoms with Crippen molar-refractivity contribution in [1.82, 2.24) is 19.9 Å². The van der Waals surface area contributed by atoms with E-state index in [1.54, 1.807) is 18.3 Å². The fourth-order valence-electron chi connectivity index (χ4n) is 5.70. The molecule has 0 amide bonds. The van der Waals surface area contributed by atoms with Crippen LogP contribution in [0.25, 0.3) is 28.0 Å². The number of benzene rings is 2. The second-order valence-electron chi connectivity index (χ2n) is 11.2. The van der Waals surface area contributed by atoms with Crippen LogP contribution in [0.4, 0.5) is 13.2 Å². The van der Waals surface area contributed by atoms with Gasteiger partial charge in [-0.2, -0.15) is 18.2 Å². The molecule has 0 saturated carbocycles. The summed E-state index contributed by atoms with van der Waals surface area (Å²) in [7, 11) is 0. The van der Waals surface area contributed by atoms with Gasteiger partial charge in [-0.25, -0.2) is 4.79 Å². The number of hydrogen-bond acceptors (Lipinski definition) is 5. The Kier molecular flexibility index (Phi) is 8.63. The summed E-state index contributed by atoms with van der Waals surface area (Å²) in [5.74, 6) is 0. The summed E-state index contributed by atoms with van der Waals surface area (Å²) in [4.78, 5) is 20.2. The van der Waals surface area contributed by atoms with Crippen LogP contribution in [0.15, 0.2) is 59.5 Å². The Morgan fingerprint density at radius 1 is 1.12 bits per heavy atom. The number of nitrogens with two attached hydrogens (primary N) is 2. The van der Waals surface area contributed by atoms with Crippen LogP contribution in [-0.2, 0) is 12.6 Å². The predicted molar refractivity (Wildman–Crippen MR) is 156 cm³/mol. The van der Waals surface area contributed by atoms with E-state index >= 15 is 0 Å². The van der Waals surface area contributed by atoms with Crippen LogP contribution in [0.1, 0.15) is 68.2 Å². The SMILES string of the molecule is C[C@H](N)CCCc1cc(-c2cc3cn(-c4ccc([C@@H]5CCC[C@@H](CCN)N5)cc4)c(=O)nc3[nH]2)cc(C(F)(F)F)c1. The zero-order valence-corrected chi connectivity index (χ0v) is 23.2. The average molecular weight is 567 g/mol. The topological polar surface area (TPSA) is 115 Å². The lowest BCUT2D eigenvalue weighted by Crippen LogP contribution is -2.38. The van der Waals surface area contributed by atoms with Gasteiger partial charge < -0.3 is 21.8 Å². The van der Waals surface area contributed by atoms with Crippen molar-refractivity contribution in [2.45, 2.75) is 76.2 Å². The van der Waals surface area contributed by atoms with Crippen molar-refractivity contribution < 1.29 is 13.2 Å². The lowest BCUT2D eigenvalue weighted by atomic mass is 9.92. The highest BCUT2D eigenvalue weighted by Crippen LogP contribution is 2.34. The molecule has 218 valence electrons. The smallest absolute Gasteiger partial charge is 0.339 e. The van der Waals surface area contributed by atoms with Gasteiger partial charge >= 0.3 is 11.9 Å². The molecule has 0 bridgehead atoms. The van der Waals surface area contributed by atoms with Gasteiger partial charge in [-0.05, 0) is 105 Å². The number of hydrogen-bond donors (Lipinski definition) is 4. The number of piperidine rings is 1. The second kappa shape index (κ2) is 12.2. The van der Waals surface area contributed by atoms with Crippen molar-refractivity contribution >= 4 is 11.0 Å². The third-order valence-corrected chi connectivity index (χ3v) is 7.84. The number of rotatable bonds is 9. The molecule has 41 heavy (non-hydrogen) atoms. The third kappa shape index (κ3) is 6.89. The Morgan fingerprint density at radius 2 is 1.90 bits per heavy atom. The van der Waals surface area contributed by atoms with Crippen LogP contribution in [-0.4, -0.2) is 33.2 Å². The number of aromatic amines is 1. The van der Waals surface area contributed by atoms with Crippen molar-refractivity contribution in [1.29, 1.82) is 0 Å². The number of halogens is 3. The van der Waals surface area contributed by atoms with E-state index in [0.717, 1.165) is 43.7 Å². The molecule has 2 aromatic heterocycles. The van der Waals surface area contributed by atoms with Crippen molar-refractivity contribution in [3.8, 4) is 16.9 Å². The Morgan fingerprint density at radius 3 is 2.61 bits per heavy atom. The number of aryl methyl sites for hydroxylation is 1. The lowest BCUT2D eigenvalue weighted by molar-refractivity contribution is -0.137. The Labute approximate surface area is 237 Å². The van der Waals surface area contributed by atoms with Crippen molar-refractivity contribution in [2.24, 2.45) is 11.5 Å². The fraction of sp³-hybridized carbons (Fsp3) is 0.419. The normalized spacial score (nSPS) is 18.6. The number of H-pyrrole nitrogens is 1. The number of nitrogens with one attached hydrogen (secondary N) is 2. The summed E-state index contributed by atoms with van der Waals surface area (Å²) < 4.78 is 42.6. The van der Waals surface area contributed by atoms with Gasteiger partial charge in [0.1, 0.15) is 5.65 Å². The first-order valence-electron chi connectivity index (χ1n) is 14.3. The van der Waals surface area contributed by atoms with Gasteiger partial charge in [0.2, 0.25) is 0 Å². The number of nitrogens with zero attached hydrogens (tertiary/aromatic N) is 2. The van der Waals surface area contributed by atoms with E-state index in [2.05, 4.69) is 15.3 Å². The lowest BCUT2D eigenvalue weighted by Gasteiger charge is -2.31. The number of alkyl halides is 3. The molecule has 0 unspecified atom stereocenters. The maximum Gasteiger partial charge on any atom is 0.416 e. The summed E-state index contributed by atoms with van der Waals surface area (Å²) in [6.45, 7) is 2.54. The van der Waals surface area contributed by atoms with Crippen molar-refractivity contribution in [2.75, 3.05) is 6.54 Å². The molecule has 10 heteroatoms. The molecule has 1 fully saturated rings. The average Bonchev–Trinajstić information content (AvgIpc) is 3.35. The highest BCUT2D eigenvalue weighted by Gasteiger charge is 2.31. The van der Waals surface area contributed by atoms with Crippen molar-refractivity contribution in [3.05, 3.63) is 81.9 Å². The molecule has 0 radical (unpaired) electrons. The highest BCUT2D eigenvalue weighted by molar-refractivity contribution is 5.82. The molecule has 1 saturated heterocycles. The first kappa shape index (κ1) is 29.0. The van der Waals surface area contributed by atoms with E-state index in [4.69, 9.17) is 11.5 Å². The van der Waals surface area contributed by atoms with Crippen LogP contribution in [0, 0.1) is 0 Å². The van der Waals surface area contributed by atoms with Gasteiger partial charge in [0.05, 0.1) is 11.3 Å². The maximum absolute atomic E-state index is 13.7. The third-order valence-electron chi connectivity index (χ3n) is 7.84. The zero-order valence-electron chi connectivity index (χ0n) is 23.2. The minimum Gasteiger partial charge on any atom is -0.339 e. The van der Waals surface area contributed by atoms with Gasteiger partial charge in [0.25, 0.3) is 0 Å². The van der Waals surface area contributed by atoms with E-state index in [0.29, 0.717) is 59.0 Å². The summed E-state index contributed by atoms with van der Waals surface area (Å²) in [5.41, 5.74) is 14.0. The van der Waals surface area contributed by atoms with E-state index in [1.165, 1.54) is 10.6 Å². The van der Waals surface area contributed by atoms with Gasteiger partial charge in [-0.3, -0.25) is 4.57 Å². The molecule has 0 spiro atoms. The summed E-state index contributed by atoms with van der Waals surface area (Å²) >= 11 is 0. The molecule has 3 heterocycles. The zero-order chi connectivity index (χ0) is 29.1. The molecular weight excluding hydrogens is 529 g/mol. The summed E-state index contributed by atoms with van der Waals surface area (Å²) in [5, 5.41) is 4.30. The van der Waals surface area contributed by atoms with Gasteiger partial charge in [0, 0.05) is 35.4 Å². The quantitative estimate of drug-likeness (QED) is 0.211. The summed E-state index contributed by atoms with van der Waals surface area (Å²) in [6.07, 6.45) is 3.35. The summed E-state index contributed by atoms with van der Waals surface area (Å²) in [6, 6.07) is 14.3. The van der Waals surface area contributed by atoms with E-state index < -0.39 is 17.4 Å². The minimum absolute atomic E-state index is 0.0122. The van der Waals surface area contributed by atoms with Crippen LogP contribution >= 0.6 is 0 Å². The van der Waals surface area contributed by atoms with E-state index in [-0.39, 0.29) is 12.1 Å². The molecule has 6 N–H and O–H groups in total. The second-order valence-corrected chi connectivity index (χ2v) is 11.2. The van der Waals surface area contributed by atoms with Gasteiger partial charge in [0.15, 0.2) is 0 Å². The Balaban J connectivity index is 1.42. The number of fused-ring (bicyclic) bond motifs is 1. The molecule has 4 aromatic rings. The van der Waals surface area contributed by atoms with Gasteiger partial charge in [-0.15, -0.1) is 0 Å². The molecule has 3 atom stereocenters. The van der Waals surface area contributed by atoms with Crippen LogP contribution < -0.4 is 22.5 Å². The van der Waals surface area contributed by atoms with Crippen molar-refractivity contribution in [3.63, 3.8) is 0 Å². The molecule has 1 aliphatic rings. The predicted octanol–water partition coefficient (Wildman–Crippen LogP) is 5.60. The first-order valence-corrected chi connectivity index (χ1v) is 14.3. The van der Waals surface area contributed by atoms with Gasteiger partial charge in [-0.1, -0.05) is 18.6 Å². The maximum atomic E-state index is 13.7. The fourth-order valence-corrected chi connectivity index (χ4v) is 5.70. The molecular formula is C31H37F3N6O. The molecule has 7 nitrogen and oxygen atoms in total. The van der Waals surface area contributed by atoms with Crippen LogP contribution in [0.5, 0.6) is 0 Å². The number of aromatic nitrogens is 3.